The molecule has 0 N–H and O–H groups in total. The first-order valence-electron chi connectivity index (χ1n) is 3.97. The van der Waals surface area contributed by atoms with Crippen LogP contribution in [-0.2, 0) is 9.84 Å². The second-order valence-electron chi connectivity index (χ2n) is 2.84. The number of nitrogens with zero attached hydrogens (tertiary/aromatic N) is 2. The first kappa shape index (κ1) is 10.0. The van der Waals surface area contributed by atoms with Gasteiger partial charge < -0.3 is 0 Å². The topological polar surface area (TPSA) is 51.4 Å². The Bertz CT molecular complexity index is 591. The molecule has 2 rings (SSSR count). The van der Waals surface area contributed by atoms with Crippen molar-refractivity contribution in [2.24, 2.45) is 0 Å². The van der Waals surface area contributed by atoms with Crippen molar-refractivity contribution in [3.63, 3.8) is 0 Å². The number of pyridine rings is 1. The highest BCUT2D eigenvalue weighted by atomic mass is 32.2. The Kier molecular flexibility index (Phi) is 2.18. The van der Waals surface area contributed by atoms with Crippen LogP contribution in [0.1, 0.15) is 0 Å². The maximum atomic E-state index is 12.3. The molecule has 80 valence electrons. The SMILES string of the molecule is O=S(=O)(c1ncc2ccccn12)C(F)F. The van der Waals surface area contributed by atoms with Gasteiger partial charge in [-0.3, -0.25) is 4.40 Å². The molecule has 2 aromatic rings. The van der Waals surface area contributed by atoms with E-state index in [0.717, 1.165) is 4.40 Å². The molecule has 4 nitrogen and oxygen atoms in total. The number of imidazole rings is 1. The molecular weight excluding hydrogens is 226 g/mol. The van der Waals surface area contributed by atoms with E-state index in [-0.39, 0.29) is 0 Å². The number of hydrogen-bond acceptors (Lipinski definition) is 3. The molecule has 0 saturated carbocycles. The Morgan fingerprint density at radius 1 is 1.33 bits per heavy atom. The Labute approximate surface area is 84.1 Å². The number of sulfone groups is 1. The van der Waals surface area contributed by atoms with Gasteiger partial charge in [0.25, 0.3) is 9.84 Å². The van der Waals surface area contributed by atoms with Crippen LogP contribution in [0.2, 0.25) is 0 Å². The van der Waals surface area contributed by atoms with E-state index in [2.05, 4.69) is 4.98 Å². The number of aromatic nitrogens is 2. The minimum absolute atomic E-state index is 0.455. The van der Waals surface area contributed by atoms with Gasteiger partial charge >= 0.3 is 5.76 Å². The van der Waals surface area contributed by atoms with Crippen LogP contribution in [0, 0.1) is 0 Å². The third-order valence-electron chi connectivity index (χ3n) is 1.89. The molecule has 0 unspecified atom stereocenters. The van der Waals surface area contributed by atoms with Gasteiger partial charge in [-0.2, -0.15) is 8.78 Å². The summed E-state index contributed by atoms with van der Waals surface area (Å²) in [6.07, 6.45) is 2.60. The molecule has 0 atom stereocenters. The molecule has 0 aliphatic carbocycles. The summed E-state index contributed by atoms with van der Waals surface area (Å²) >= 11 is 0. The highest BCUT2D eigenvalue weighted by Crippen LogP contribution is 2.18. The summed E-state index contributed by atoms with van der Waals surface area (Å²) < 4.78 is 48.0. The summed E-state index contributed by atoms with van der Waals surface area (Å²) in [5, 5.41) is -0.631. The second-order valence-corrected chi connectivity index (χ2v) is 4.65. The summed E-state index contributed by atoms with van der Waals surface area (Å²) in [5.74, 6) is -3.46. The van der Waals surface area contributed by atoms with Crippen molar-refractivity contribution in [3.05, 3.63) is 30.6 Å². The van der Waals surface area contributed by atoms with Crippen molar-refractivity contribution in [2.45, 2.75) is 10.9 Å². The van der Waals surface area contributed by atoms with Gasteiger partial charge in [-0.05, 0) is 12.1 Å². The highest BCUT2D eigenvalue weighted by Gasteiger charge is 2.30. The van der Waals surface area contributed by atoms with Crippen LogP contribution in [0.15, 0.2) is 35.7 Å². The lowest BCUT2D eigenvalue weighted by atomic mass is 10.4. The minimum Gasteiger partial charge on any atom is -0.291 e. The van der Waals surface area contributed by atoms with Crippen LogP contribution in [0.25, 0.3) is 5.52 Å². The monoisotopic (exact) mass is 232 g/mol. The van der Waals surface area contributed by atoms with E-state index < -0.39 is 20.8 Å². The van der Waals surface area contributed by atoms with E-state index in [1.54, 1.807) is 18.2 Å². The van der Waals surface area contributed by atoms with Gasteiger partial charge in [0.2, 0.25) is 5.16 Å². The zero-order valence-corrected chi connectivity index (χ0v) is 8.16. The quantitative estimate of drug-likeness (QED) is 0.784. The van der Waals surface area contributed by atoms with Crippen molar-refractivity contribution in [3.8, 4) is 0 Å². The van der Waals surface area contributed by atoms with Gasteiger partial charge in [-0.1, -0.05) is 6.07 Å². The molecule has 15 heavy (non-hydrogen) atoms. The Balaban J connectivity index is 2.74. The number of hydrogen-bond donors (Lipinski definition) is 0. The first-order valence-corrected chi connectivity index (χ1v) is 5.52. The fourth-order valence-electron chi connectivity index (χ4n) is 1.21. The normalized spacial score (nSPS) is 12.5. The van der Waals surface area contributed by atoms with Crippen molar-refractivity contribution in [2.75, 3.05) is 0 Å². The van der Waals surface area contributed by atoms with Gasteiger partial charge in [0.15, 0.2) is 0 Å². The van der Waals surface area contributed by atoms with Crippen LogP contribution in [0.3, 0.4) is 0 Å². The predicted octanol–water partition coefficient (Wildman–Crippen LogP) is 1.33. The molecular formula is C8H6F2N2O2S. The highest BCUT2D eigenvalue weighted by molar-refractivity contribution is 7.91. The lowest BCUT2D eigenvalue weighted by molar-refractivity contribution is 0.233. The third-order valence-corrected chi connectivity index (χ3v) is 3.17. The Hall–Kier alpha value is -1.50. The van der Waals surface area contributed by atoms with Crippen molar-refractivity contribution >= 4 is 15.4 Å². The fourth-order valence-corrected chi connectivity index (χ4v) is 2.01. The van der Waals surface area contributed by atoms with E-state index >= 15 is 0 Å². The molecule has 0 radical (unpaired) electrons. The summed E-state index contributed by atoms with van der Waals surface area (Å²) in [6, 6.07) is 4.78. The van der Waals surface area contributed by atoms with Crippen LogP contribution in [-0.4, -0.2) is 23.6 Å². The zero-order valence-electron chi connectivity index (χ0n) is 7.34. The second kappa shape index (κ2) is 3.27. The van der Waals surface area contributed by atoms with E-state index in [1.807, 2.05) is 0 Å². The van der Waals surface area contributed by atoms with Gasteiger partial charge in [0.1, 0.15) is 0 Å². The van der Waals surface area contributed by atoms with Crippen LogP contribution < -0.4 is 0 Å². The van der Waals surface area contributed by atoms with Crippen LogP contribution in [0.5, 0.6) is 0 Å². The lowest BCUT2D eigenvalue weighted by Crippen LogP contribution is -2.14. The van der Waals surface area contributed by atoms with E-state index in [4.69, 9.17) is 0 Å². The molecule has 0 aliphatic heterocycles. The summed E-state index contributed by atoms with van der Waals surface area (Å²) in [6.45, 7) is 0. The molecule has 0 saturated heterocycles. The average Bonchev–Trinajstić information content (AvgIpc) is 2.61. The number of halogens is 2. The smallest absolute Gasteiger partial charge is 0.291 e. The lowest BCUT2D eigenvalue weighted by Gasteiger charge is -2.01. The number of alkyl halides is 2. The maximum Gasteiger partial charge on any atom is 0.344 e. The molecule has 0 aliphatic rings. The summed E-state index contributed by atoms with van der Waals surface area (Å²) in [5.41, 5.74) is 0.455. The maximum absolute atomic E-state index is 12.3. The van der Waals surface area contributed by atoms with E-state index in [0.29, 0.717) is 5.52 Å². The zero-order chi connectivity index (χ0) is 11.1. The first-order chi connectivity index (χ1) is 7.03. The fraction of sp³-hybridized carbons (Fsp3) is 0.125. The standard InChI is InChI=1S/C8H6F2N2O2S/c9-7(10)15(13,14)8-11-5-6-3-1-2-4-12(6)8/h1-5,7H. The molecule has 0 spiro atoms. The third kappa shape index (κ3) is 1.48. The van der Waals surface area contributed by atoms with E-state index in [1.165, 1.54) is 12.4 Å². The van der Waals surface area contributed by atoms with Gasteiger partial charge in [0, 0.05) is 6.20 Å². The van der Waals surface area contributed by atoms with Crippen LogP contribution in [0.4, 0.5) is 8.78 Å². The predicted molar refractivity (Wildman–Crippen MR) is 48.4 cm³/mol. The molecule has 2 aromatic heterocycles. The number of rotatable bonds is 2. The molecule has 0 bridgehead atoms. The largest absolute Gasteiger partial charge is 0.344 e. The van der Waals surface area contributed by atoms with Gasteiger partial charge in [0.05, 0.1) is 11.7 Å². The molecule has 2 heterocycles. The van der Waals surface area contributed by atoms with E-state index in [9.17, 15) is 17.2 Å². The summed E-state index contributed by atoms with van der Waals surface area (Å²) in [4.78, 5) is 3.48. The number of fused-ring (bicyclic) bond motifs is 1. The molecule has 0 aromatic carbocycles. The van der Waals surface area contributed by atoms with Gasteiger partial charge in [-0.25, -0.2) is 13.4 Å². The average molecular weight is 232 g/mol. The van der Waals surface area contributed by atoms with Crippen molar-refractivity contribution < 1.29 is 17.2 Å². The molecule has 0 fully saturated rings. The Morgan fingerprint density at radius 2 is 2.07 bits per heavy atom. The minimum atomic E-state index is -4.64. The Morgan fingerprint density at radius 3 is 2.73 bits per heavy atom. The van der Waals surface area contributed by atoms with Gasteiger partial charge in [-0.15, -0.1) is 0 Å². The molecule has 0 amide bonds. The van der Waals surface area contributed by atoms with Crippen molar-refractivity contribution in [1.82, 2.24) is 9.38 Å². The molecule has 7 heteroatoms. The van der Waals surface area contributed by atoms with Crippen LogP contribution >= 0.6 is 0 Å². The van der Waals surface area contributed by atoms with Crippen molar-refractivity contribution in [1.29, 1.82) is 0 Å². The summed E-state index contributed by atoms with van der Waals surface area (Å²) in [7, 11) is -4.64.